The van der Waals surface area contributed by atoms with E-state index < -0.39 is 0 Å². The zero-order chi connectivity index (χ0) is 20.1. The molecule has 2 aromatic heterocycles. The highest BCUT2D eigenvalue weighted by atomic mass is 32.1. The maximum atomic E-state index is 13.0. The Kier molecular flexibility index (Phi) is 3.79. The number of carbonyl (C=O) groups excluding carboxylic acids is 1. The fraction of sp³-hybridized carbons (Fsp3) is 0.0417. The van der Waals surface area contributed by atoms with Crippen molar-refractivity contribution in [3.63, 3.8) is 0 Å². The van der Waals surface area contributed by atoms with Crippen LogP contribution in [-0.2, 0) is 6.54 Å². The quantitative estimate of drug-likeness (QED) is 0.406. The monoisotopic (exact) mass is 408 g/mol. The van der Waals surface area contributed by atoms with Gasteiger partial charge in [-0.2, -0.15) is 5.10 Å². The van der Waals surface area contributed by atoms with Crippen molar-refractivity contribution in [3.05, 3.63) is 83.6 Å². The van der Waals surface area contributed by atoms with Gasteiger partial charge in [-0.25, -0.2) is 0 Å². The number of nitrogens with one attached hydrogen (secondary N) is 2. The molecule has 0 atom stereocenters. The van der Waals surface area contributed by atoms with E-state index in [0.717, 1.165) is 27.7 Å². The van der Waals surface area contributed by atoms with Crippen molar-refractivity contribution in [1.82, 2.24) is 10.2 Å². The Morgan fingerprint density at radius 2 is 1.90 bits per heavy atom. The number of nitrogens with zero attached hydrogens (tertiary/aromatic N) is 2. The van der Waals surface area contributed by atoms with E-state index in [1.165, 1.54) is 20.5 Å². The third-order valence-electron chi connectivity index (χ3n) is 5.40. The first-order valence-electron chi connectivity index (χ1n) is 9.66. The van der Waals surface area contributed by atoms with Crippen LogP contribution in [0.3, 0.4) is 0 Å². The highest BCUT2D eigenvalue weighted by molar-refractivity contribution is 7.22. The number of hydrogen-bond donors (Lipinski definition) is 2. The first-order chi connectivity index (χ1) is 14.8. The van der Waals surface area contributed by atoms with E-state index in [-0.39, 0.29) is 5.91 Å². The molecule has 0 spiro atoms. The minimum absolute atomic E-state index is 0.232. The third-order valence-corrected chi connectivity index (χ3v) is 6.55. The lowest BCUT2D eigenvalue weighted by molar-refractivity contribution is 0.102. The van der Waals surface area contributed by atoms with Crippen molar-refractivity contribution in [3.8, 4) is 10.4 Å². The summed E-state index contributed by atoms with van der Waals surface area (Å²) in [6.45, 7) is 0.664. The van der Waals surface area contributed by atoms with Gasteiger partial charge in [0.15, 0.2) is 5.69 Å². The Morgan fingerprint density at radius 3 is 2.83 bits per heavy atom. The SMILES string of the molecule is O=C(Nc1cc2c(c(-c3cc4ccccc4s3)c1)CN=C2)c1n[nH]c2ccccc12. The summed E-state index contributed by atoms with van der Waals surface area (Å²) in [5, 5.41) is 12.2. The molecule has 0 saturated heterocycles. The molecule has 5 aromatic rings. The van der Waals surface area contributed by atoms with Crippen molar-refractivity contribution >= 4 is 50.1 Å². The number of para-hydroxylation sites is 1. The summed E-state index contributed by atoms with van der Waals surface area (Å²) in [5.41, 5.74) is 5.34. The molecule has 5 nitrogen and oxygen atoms in total. The van der Waals surface area contributed by atoms with Crippen LogP contribution in [0.4, 0.5) is 5.69 Å². The summed E-state index contributed by atoms with van der Waals surface area (Å²) in [7, 11) is 0. The molecule has 6 heteroatoms. The lowest BCUT2D eigenvalue weighted by Gasteiger charge is -2.11. The van der Waals surface area contributed by atoms with Gasteiger partial charge in [0.25, 0.3) is 5.91 Å². The Hall–Kier alpha value is -3.77. The number of anilines is 1. The average molecular weight is 408 g/mol. The number of H-pyrrole nitrogens is 1. The van der Waals surface area contributed by atoms with Gasteiger partial charge in [-0.1, -0.05) is 36.4 Å². The molecular weight excluding hydrogens is 392 g/mol. The van der Waals surface area contributed by atoms with Crippen molar-refractivity contribution in [2.45, 2.75) is 6.54 Å². The molecule has 1 aliphatic rings. The molecule has 1 aliphatic heterocycles. The van der Waals surface area contributed by atoms with Gasteiger partial charge >= 0.3 is 0 Å². The molecule has 3 aromatic carbocycles. The van der Waals surface area contributed by atoms with E-state index in [1.807, 2.05) is 42.6 Å². The Labute approximate surface area is 176 Å². The fourth-order valence-corrected chi connectivity index (χ4v) is 5.06. The largest absolute Gasteiger partial charge is 0.321 e. The van der Waals surface area contributed by atoms with Gasteiger partial charge in [0.2, 0.25) is 0 Å². The molecule has 1 amide bonds. The van der Waals surface area contributed by atoms with Crippen LogP contribution in [0.15, 0.2) is 71.7 Å². The number of benzene rings is 3. The number of carbonyl (C=O) groups is 1. The number of rotatable bonds is 3. The summed E-state index contributed by atoms with van der Waals surface area (Å²) >= 11 is 1.76. The highest BCUT2D eigenvalue weighted by Crippen LogP contribution is 2.39. The van der Waals surface area contributed by atoms with Gasteiger partial charge < -0.3 is 5.32 Å². The van der Waals surface area contributed by atoms with E-state index in [2.05, 4.69) is 50.8 Å². The molecular formula is C24H16N4OS. The van der Waals surface area contributed by atoms with E-state index >= 15 is 0 Å². The second-order valence-electron chi connectivity index (χ2n) is 7.28. The molecule has 30 heavy (non-hydrogen) atoms. The summed E-state index contributed by atoms with van der Waals surface area (Å²) in [4.78, 5) is 18.6. The minimum Gasteiger partial charge on any atom is -0.321 e. The molecule has 0 unspecified atom stereocenters. The van der Waals surface area contributed by atoms with Crippen LogP contribution in [0.5, 0.6) is 0 Å². The number of aliphatic imine (C=N–C) groups is 1. The highest BCUT2D eigenvalue weighted by Gasteiger charge is 2.19. The number of fused-ring (bicyclic) bond motifs is 3. The zero-order valence-corrected chi connectivity index (χ0v) is 16.7. The van der Waals surface area contributed by atoms with Gasteiger partial charge in [-0.05, 0) is 46.8 Å². The lowest BCUT2D eigenvalue weighted by atomic mass is 10.00. The van der Waals surface area contributed by atoms with Crippen molar-refractivity contribution in [2.24, 2.45) is 4.99 Å². The number of amides is 1. The molecule has 0 radical (unpaired) electrons. The Morgan fingerprint density at radius 1 is 1.03 bits per heavy atom. The zero-order valence-electron chi connectivity index (χ0n) is 15.8. The maximum Gasteiger partial charge on any atom is 0.276 e. The van der Waals surface area contributed by atoms with Crippen molar-refractivity contribution in [2.75, 3.05) is 5.32 Å². The summed E-state index contributed by atoms with van der Waals surface area (Å²) in [6, 6.07) is 22.2. The van der Waals surface area contributed by atoms with Crippen LogP contribution in [0.1, 0.15) is 21.6 Å². The number of aromatic amines is 1. The van der Waals surface area contributed by atoms with E-state index in [0.29, 0.717) is 12.2 Å². The first-order valence-corrected chi connectivity index (χ1v) is 10.5. The normalized spacial score (nSPS) is 12.5. The molecule has 0 bridgehead atoms. The van der Waals surface area contributed by atoms with Crippen LogP contribution in [0, 0.1) is 0 Å². The fourth-order valence-electron chi connectivity index (χ4n) is 3.95. The molecule has 0 fully saturated rings. The molecule has 0 saturated carbocycles. The first kappa shape index (κ1) is 17.1. The summed E-state index contributed by atoms with van der Waals surface area (Å²) < 4.78 is 1.25. The smallest absolute Gasteiger partial charge is 0.276 e. The lowest BCUT2D eigenvalue weighted by Crippen LogP contribution is -2.13. The van der Waals surface area contributed by atoms with E-state index in [1.54, 1.807) is 11.3 Å². The number of thiophene rings is 1. The van der Waals surface area contributed by atoms with Gasteiger partial charge in [-0.3, -0.25) is 14.9 Å². The van der Waals surface area contributed by atoms with Gasteiger partial charge in [0.05, 0.1) is 12.1 Å². The molecule has 144 valence electrons. The van der Waals surface area contributed by atoms with E-state index in [4.69, 9.17) is 0 Å². The second kappa shape index (κ2) is 6.64. The van der Waals surface area contributed by atoms with Crippen molar-refractivity contribution in [1.29, 1.82) is 0 Å². The van der Waals surface area contributed by atoms with Crippen LogP contribution in [-0.4, -0.2) is 22.3 Å². The minimum atomic E-state index is -0.232. The van der Waals surface area contributed by atoms with Crippen LogP contribution < -0.4 is 5.32 Å². The second-order valence-corrected chi connectivity index (χ2v) is 8.37. The molecule has 2 N–H and O–H groups in total. The van der Waals surface area contributed by atoms with E-state index in [9.17, 15) is 4.79 Å². The van der Waals surface area contributed by atoms with Gasteiger partial charge in [0, 0.05) is 32.4 Å². The predicted octanol–water partition coefficient (Wildman–Crippen LogP) is 5.63. The average Bonchev–Trinajstić information content (AvgIpc) is 3.50. The van der Waals surface area contributed by atoms with Gasteiger partial charge in [-0.15, -0.1) is 11.3 Å². The van der Waals surface area contributed by atoms with Crippen molar-refractivity contribution < 1.29 is 4.79 Å². The third kappa shape index (κ3) is 2.73. The standard InChI is InChI=1S/C24H16N4OS/c29-24(23-17-6-2-3-7-20(17)27-28-23)26-16-9-15-12-25-13-19(15)18(11-16)22-10-14-5-1-4-8-21(14)30-22/h1-12H,13H2,(H,26,29)(H,27,28). The number of aromatic nitrogens is 2. The number of hydrogen-bond acceptors (Lipinski definition) is 4. The Bertz CT molecular complexity index is 1440. The van der Waals surface area contributed by atoms with Crippen LogP contribution in [0.25, 0.3) is 31.4 Å². The molecule has 0 aliphatic carbocycles. The topological polar surface area (TPSA) is 70.1 Å². The maximum absolute atomic E-state index is 13.0. The Balaban J connectivity index is 1.42. The molecule has 6 rings (SSSR count). The summed E-state index contributed by atoms with van der Waals surface area (Å²) in [6.07, 6.45) is 1.88. The van der Waals surface area contributed by atoms with Gasteiger partial charge in [0.1, 0.15) is 0 Å². The van der Waals surface area contributed by atoms with Crippen LogP contribution >= 0.6 is 11.3 Å². The predicted molar refractivity (Wildman–Crippen MR) is 123 cm³/mol. The molecule has 3 heterocycles. The van der Waals surface area contributed by atoms with Crippen LogP contribution in [0.2, 0.25) is 0 Å². The summed E-state index contributed by atoms with van der Waals surface area (Å²) in [5.74, 6) is -0.232.